The molecule has 264 valence electrons. The number of carbonyl (C=O) groups excluding carboxylic acids is 1. The molecule has 0 saturated carbocycles. The molecule has 2 aromatic rings. The van der Waals surface area contributed by atoms with Gasteiger partial charge < -0.3 is 74.7 Å². The molecule has 0 aliphatic carbocycles. The molecule has 16 heteroatoms. The van der Waals surface area contributed by atoms with Gasteiger partial charge >= 0.3 is 0 Å². The van der Waals surface area contributed by atoms with Gasteiger partial charge in [0.15, 0.2) is 5.78 Å². The monoisotopic (exact) mass is 680 g/mol. The SMILES string of the molecule is CC(C)=CCc1c(O[C@@H]2O[C@H](CO)[C@@H](O)[C@H](O)[C@H]2O)cc2c(c1O)C(=O)[C@H](c1ccc(O[C@@H]3O[C@H](CO)[C@@H](O)[C@H](O)[C@H]3O)cc1O)CO2. The van der Waals surface area contributed by atoms with E-state index < -0.39 is 97.8 Å². The Labute approximate surface area is 274 Å². The Balaban J connectivity index is 1.41. The second kappa shape index (κ2) is 14.5. The molecule has 2 aromatic carbocycles. The van der Waals surface area contributed by atoms with Gasteiger partial charge in [-0.1, -0.05) is 17.7 Å². The summed E-state index contributed by atoms with van der Waals surface area (Å²) >= 11 is 0. The molecule has 0 amide bonds. The molecule has 3 aliphatic heterocycles. The molecular weight excluding hydrogens is 640 g/mol. The van der Waals surface area contributed by atoms with Crippen LogP contribution in [0.5, 0.6) is 28.7 Å². The summed E-state index contributed by atoms with van der Waals surface area (Å²) in [5.41, 5.74) is 0.878. The van der Waals surface area contributed by atoms with E-state index in [2.05, 4.69) is 0 Å². The summed E-state index contributed by atoms with van der Waals surface area (Å²) in [4.78, 5) is 13.9. The van der Waals surface area contributed by atoms with E-state index in [1.165, 1.54) is 18.2 Å². The third-order valence-electron chi connectivity index (χ3n) is 8.58. The summed E-state index contributed by atoms with van der Waals surface area (Å²) in [6.07, 6.45) is -13.8. The number of phenols is 2. The van der Waals surface area contributed by atoms with Crippen molar-refractivity contribution in [1.82, 2.24) is 0 Å². The van der Waals surface area contributed by atoms with Gasteiger partial charge in [0.25, 0.3) is 0 Å². The molecule has 3 aliphatic rings. The normalized spacial score (nSPS) is 33.4. The van der Waals surface area contributed by atoms with Gasteiger partial charge in [0.1, 0.15) is 89.7 Å². The van der Waals surface area contributed by atoms with Gasteiger partial charge in [-0.2, -0.15) is 0 Å². The Morgan fingerprint density at radius 1 is 0.833 bits per heavy atom. The molecule has 5 rings (SSSR count). The number of phenolic OH excluding ortho intramolecular Hbond substituents is 2. The molecule has 11 atom stereocenters. The van der Waals surface area contributed by atoms with E-state index in [0.29, 0.717) is 0 Å². The number of fused-ring (bicyclic) bond motifs is 1. The number of rotatable bonds is 9. The van der Waals surface area contributed by atoms with Crippen molar-refractivity contribution in [2.45, 2.75) is 87.6 Å². The maximum Gasteiger partial charge on any atom is 0.229 e. The third-order valence-corrected chi connectivity index (χ3v) is 8.58. The highest BCUT2D eigenvalue weighted by Gasteiger charge is 2.46. The van der Waals surface area contributed by atoms with Crippen molar-refractivity contribution in [2.24, 2.45) is 0 Å². The van der Waals surface area contributed by atoms with Crippen LogP contribution in [0.1, 0.15) is 41.3 Å². The third kappa shape index (κ3) is 6.81. The highest BCUT2D eigenvalue weighted by molar-refractivity contribution is 6.07. The lowest BCUT2D eigenvalue weighted by atomic mass is 9.86. The quantitative estimate of drug-likeness (QED) is 0.133. The molecule has 3 heterocycles. The number of carbonyl (C=O) groups is 1. The molecular formula is C32H40O16. The number of ketones is 1. The van der Waals surface area contributed by atoms with E-state index in [4.69, 9.17) is 23.7 Å². The molecule has 0 unspecified atom stereocenters. The van der Waals surface area contributed by atoms with Crippen LogP contribution in [0, 0.1) is 0 Å². The lowest BCUT2D eigenvalue weighted by Gasteiger charge is -2.40. The lowest BCUT2D eigenvalue weighted by Crippen LogP contribution is -2.60. The first-order chi connectivity index (χ1) is 22.8. The fourth-order valence-corrected chi connectivity index (χ4v) is 5.76. The summed E-state index contributed by atoms with van der Waals surface area (Å²) in [6, 6.07) is 5.17. The number of allylic oxidation sites excluding steroid dienone is 2. The second-order valence-electron chi connectivity index (χ2n) is 12.1. The van der Waals surface area contributed by atoms with Gasteiger partial charge in [0.2, 0.25) is 12.6 Å². The van der Waals surface area contributed by atoms with E-state index in [1.54, 1.807) is 6.08 Å². The molecule has 0 spiro atoms. The number of aliphatic hydroxyl groups is 8. The molecule has 0 bridgehead atoms. The van der Waals surface area contributed by atoms with Gasteiger partial charge in [-0.05, 0) is 26.3 Å². The minimum atomic E-state index is -1.74. The van der Waals surface area contributed by atoms with Gasteiger partial charge in [0, 0.05) is 23.3 Å². The Bertz CT molecular complexity index is 1500. The zero-order chi connectivity index (χ0) is 35.0. The first-order valence-electron chi connectivity index (χ1n) is 15.2. The minimum absolute atomic E-state index is 0.0352. The van der Waals surface area contributed by atoms with Crippen LogP contribution in [0.25, 0.3) is 0 Å². The van der Waals surface area contributed by atoms with Gasteiger partial charge in [-0.15, -0.1) is 0 Å². The van der Waals surface area contributed by atoms with Crippen LogP contribution in [0.4, 0.5) is 0 Å². The van der Waals surface area contributed by atoms with Crippen LogP contribution in [-0.4, -0.2) is 138 Å². The average Bonchev–Trinajstić information content (AvgIpc) is 3.05. The summed E-state index contributed by atoms with van der Waals surface area (Å²) in [6.45, 7) is 2.00. The predicted octanol–water partition coefficient (Wildman–Crippen LogP) is -1.68. The molecule has 10 N–H and O–H groups in total. The van der Waals surface area contributed by atoms with Crippen LogP contribution < -0.4 is 14.2 Å². The largest absolute Gasteiger partial charge is 0.508 e. The number of hydrogen-bond acceptors (Lipinski definition) is 16. The van der Waals surface area contributed by atoms with Gasteiger partial charge in [-0.3, -0.25) is 4.79 Å². The summed E-state index contributed by atoms with van der Waals surface area (Å²) < 4.78 is 28.0. The Kier molecular flexibility index (Phi) is 10.8. The summed E-state index contributed by atoms with van der Waals surface area (Å²) in [5.74, 6) is -2.78. The zero-order valence-electron chi connectivity index (χ0n) is 26.0. The van der Waals surface area contributed by atoms with Crippen molar-refractivity contribution < 1.29 is 79.5 Å². The van der Waals surface area contributed by atoms with Crippen LogP contribution >= 0.6 is 0 Å². The van der Waals surface area contributed by atoms with Crippen LogP contribution in [0.15, 0.2) is 35.9 Å². The van der Waals surface area contributed by atoms with E-state index in [-0.39, 0.29) is 47.0 Å². The molecule has 16 nitrogen and oxygen atoms in total. The molecule has 0 radical (unpaired) electrons. The highest BCUT2D eigenvalue weighted by Crippen LogP contribution is 2.46. The Hall–Kier alpha value is -3.55. The fourth-order valence-electron chi connectivity index (χ4n) is 5.76. The Morgan fingerprint density at radius 2 is 1.42 bits per heavy atom. The number of Topliss-reactive ketones (excluding diaryl/α,β-unsaturated/α-hetero) is 1. The van der Waals surface area contributed by atoms with E-state index >= 15 is 0 Å². The maximum atomic E-state index is 13.9. The lowest BCUT2D eigenvalue weighted by molar-refractivity contribution is -0.277. The number of benzene rings is 2. The fraction of sp³-hybridized carbons (Fsp3) is 0.531. The highest BCUT2D eigenvalue weighted by atomic mass is 16.7. The van der Waals surface area contributed by atoms with Gasteiger partial charge in [0.05, 0.1) is 19.1 Å². The first-order valence-corrected chi connectivity index (χ1v) is 15.2. The van der Waals surface area contributed by atoms with Crippen molar-refractivity contribution in [1.29, 1.82) is 0 Å². The number of aliphatic hydroxyl groups excluding tert-OH is 8. The van der Waals surface area contributed by atoms with Crippen LogP contribution in [0.2, 0.25) is 0 Å². The summed E-state index contributed by atoms with van der Waals surface area (Å²) in [7, 11) is 0. The number of aromatic hydroxyl groups is 2. The second-order valence-corrected chi connectivity index (χ2v) is 12.1. The van der Waals surface area contributed by atoms with Crippen molar-refractivity contribution in [3.8, 4) is 28.7 Å². The van der Waals surface area contributed by atoms with Crippen molar-refractivity contribution in [3.05, 3.63) is 52.6 Å². The van der Waals surface area contributed by atoms with E-state index in [9.17, 15) is 55.9 Å². The minimum Gasteiger partial charge on any atom is -0.508 e. The zero-order valence-corrected chi connectivity index (χ0v) is 26.0. The van der Waals surface area contributed by atoms with Crippen molar-refractivity contribution in [2.75, 3.05) is 19.8 Å². The molecule has 2 fully saturated rings. The standard InChI is InChI=1S/C32H40O16/c1-12(2)3-5-15-18(46-32-30(43)28(41)26(39)21(10-34)48-32)8-19-22(23(15)36)24(37)16(11-44-19)14-6-4-13(7-17(14)35)45-31-29(42)27(40)25(38)20(9-33)47-31/h3-4,6-8,16,20-21,25-36,38-43H,5,9-11H2,1-2H3/t16-,20+,21+,25+,26+,27-,28-,29+,30+,31+,32+/m0/s1. The average molecular weight is 681 g/mol. The van der Waals surface area contributed by atoms with Crippen molar-refractivity contribution >= 4 is 5.78 Å². The molecule has 2 saturated heterocycles. The number of hydrogen-bond donors (Lipinski definition) is 10. The smallest absolute Gasteiger partial charge is 0.229 e. The molecule has 48 heavy (non-hydrogen) atoms. The Morgan fingerprint density at radius 3 is 1.96 bits per heavy atom. The maximum absolute atomic E-state index is 13.9. The van der Waals surface area contributed by atoms with E-state index in [0.717, 1.165) is 11.6 Å². The number of ether oxygens (including phenoxy) is 5. The molecule has 0 aromatic heterocycles. The van der Waals surface area contributed by atoms with Gasteiger partial charge in [-0.25, -0.2) is 0 Å². The van der Waals surface area contributed by atoms with E-state index in [1.807, 2.05) is 13.8 Å². The van der Waals surface area contributed by atoms with Crippen LogP contribution in [0.3, 0.4) is 0 Å². The predicted molar refractivity (Wildman–Crippen MR) is 161 cm³/mol. The first kappa shape index (κ1) is 35.7. The van der Waals surface area contributed by atoms with Crippen LogP contribution in [-0.2, 0) is 15.9 Å². The summed E-state index contributed by atoms with van der Waals surface area (Å²) in [5, 5.41) is 102. The van der Waals surface area contributed by atoms with Crippen molar-refractivity contribution in [3.63, 3.8) is 0 Å². The topological polar surface area (TPSA) is 266 Å².